The first-order valence-corrected chi connectivity index (χ1v) is 6.08. The molecule has 0 radical (unpaired) electrons. The lowest BCUT2D eigenvalue weighted by molar-refractivity contribution is 1.21. The molecule has 0 amide bonds. The summed E-state index contributed by atoms with van der Waals surface area (Å²) in [6.45, 7) is 6.21. The van der Waals surface area contributed by atoms with Gasteiger partial charge >= 0.3 is 0 Å². The number of rotatable bonds is 6. The van der Waals surface area contributed by atoms with Gasteiger partial charge in [-0.25, -0.2) is 0 Å². The molecule has 0 saturated heterocycles. The summed E-state index contributed by atoms with van der Waals surface area (Å²) in [5, 5.41) is 0. The van der Waals surface area contributed by atoms with E-state index < -0.39 is 0 Å². The van der Waals surface area contributed by atoms with Crippen molar-refractivity contribution in [3.63, 3.8) is 0 Å². The van der Waals surface area contributed by atoms with Gasteiger partial charge in [0.05, 0.1) is 0 Å². The maximum atomic E-state index is 5.41. The molecule has 0 rings (SSSR count). The van der Waals surface area contributed by atoms with E-state index >= 15 is 0 Å². The third-order valence-electron chi connectivity index (χ3n) is 2.06. The molecule has 0 spiro atoms. The van der Waals surface area contributed by atoms with Crippen molar-refractivity contribution in [2.24, 2.45) is 5.73 Å². The second-order valence-corrected chi connectivity index (χ2v) is 3.67. The van der Waals surface area contributed by atoms with Crippen LogP contribution in [0.2, 0.25) is 0 Å². The smallest absolute Gasteiger partial charge is 0.00325 e. The standard InChI is InChI=1S/C16H23N/c1-4-6-7-8-9-11-16(10-5-2)13-12-15(3)14-17/h6-8,10-14H,4-5,17H2,1-3H3/b7-6-,13-12-,15-14+,16-10-. The Hall–Kier alpha value is -1.72. The first-order chi connectivity index (χ1) is 8.24. The second kappa shape index (κ2) is 10.8. The van der Waals surface area contributed by atoms with Crippen LogP contribution in [0.3, 0.4) is 0 Å². The topological polar surface area (TPSA) is 26.0 Å². The molecule has 0 atom stereocenters. The molecule has 0 aliphatic rings. The molecule has 1 nitrogen and oxygen atoms in total. The Balaban J connectivity index is 4.67. The molecule has 0 aromatic heterocycles. The highest BCUT2D eigenvalue weighted by molar-refractivity contribution is 5.34. The van der Waals surface area contributed by atoms with Gasteiger partial charge in [0.1, 0.15) is 0 Å². The normalized spacial score (nSPS) is 13.1. The van der Waals surface area contributed by atoms with E-state index in [9.17, 15) is 0 Å². The van der Waals surface area contributed by atoms with E-state index in [1.165, 1.54) is 0 Å². The molecular weight excluding hydrogens is 206 g/mol. The highest BCUT2D eigenvalue weighted by Crippen LogP contribution is 2.03. The van der Waals surface area contributed by atoms with Crippen LogP contribution in [-0.2, 0) is 0 Å². The Morgan fingerprint density at radius 3 is 2.53 bits per heavy atom. The van der Waals surface area contributed by atoms with Gasteiger partial charge < -0.3 is 5.73 Å². The van der Waals surface area contributed by atoms with E-state index in [2.05, 4.69) is 31.7 Å². The van der Waals surface area contributed by atoms with Crippen molar-refractivity contribution in [2.45, 2.75) is 33.6 Å². The molecule has 0 aromatic carbocycles. The van der Waals surface area contributed by atoms with Gasteiger partial charge in [-0.15, -0.1) is 5.73 Å². The Morgan fingerprint density at radius 2 is 1.94 bits per heavy atom. The molecule has 2 N–H and O–H groups in total. The molecule has 1 heteroatoms. The number of nitrogens with two attached hydrogens (primary N) is 1. The Kier molecular flexibility index (Phi) is 9.70. The van der Waals surface area contributed by atoms with E-state index in [4.69, 9.17) is 5.73 Å². The van der Waals surface area contributed by atoms with Crippen LogP contribution in [-0.4, -0.2) is 0 Å². The monoisotopic (exact) mass is 229 g/mol. The van der Waals surface area contributed by atoms with Crippen molar-refractivity contribution >= 4 is 0 Å². The first kappa shape index (κ1) is 15.3. The van der Waals surface area contributed by atoms with Crippen LogP contribution in [0.15, 0.2) is 65.6 Å². The lowest BCUT2D eigenvalue weighted by Gasteiger charge is -1.92. The van der Waals surface area contributed by atoms with Gasteiger partial charge in [0.25, 0.3) is 0 Å². The largest absolute Gasteiger partial charge is 0.404 e. The highest BCUT2D eigenvalue weighted by Gasteiger charge is 1.84. The van der Waals surface area contributed by atoms with Crippen molar-refractivity contribution in [2.75, 3.05) is 0 Å². The zero-order chi connectivity index (χ0) is 12.9. The minimum Gasteiger partial charge on any atom is -0.404 e. The zero-order valence-electron chi connectivity index (χ0n) is 11.1. The third kappa shape index (κ3) is 9.22. The molecule has 17 heavy (non-hydrogen) atoms. The fourth-order valence-corrected chi connectivity index (χ4v) is 1.10. The third-order valence-corrected chi connectivity index (χ3v) is 2.06. The predicted molar refractivity (Wildman–Crippen MR) is 77.5 cm³/mol. The van der Waals surface area contributed by atoms with Gasteiger partial charge in [-0.05, 0) is 49.3 Å². The average Bonchev–Trinajstić information content (AvgIpc) is 2.35. The lowest BCUT2D eigenvalue weighted by Crippen LogP contribution is -1.80. The maximum Gasteiger partial charge on any atom is -0.00325 e. The van der Waals surface area contributed by atoms with Gasteiger partial charge in [-0.2, -0.15) is 0 Å². The molecule has 0 saturated carbocycles. The van der Waals surface area contributed by atoms with Crippen molar-refractivity contribution < 1.29 is 0 Å². The zero-order valence-corrected chi connectivity index (χ0v) is 11.1. The first-order valence-electron chi connectivity index (χ1n) is 6.08. The minimum absolute atomic E-state index is 1.01. The van der Waals surface area contributed by atoms with Crippen LogP contribution >= 0.6 is 0 Å². The molecule has 0 aliphatic heterocycles. The van der Waals surface area contributed by atoms with Gasteiger partial charge in [-0.3, -0.25) is 0 Å². The summed E-state index contributed by atoms with van der Waals surface area (Å²) in [7, 11) is 0. The van der Waals surface area contributed by atoms with Crippen molar-refractivity contribution in [1.29, 1.82) is 0 Å². The molecule has 0 fully saturated rings. The summed E-state index contributed by atoms with van der Waals surface area (Å²) in [4.78, 5) is 0. The molecular formula is C16H23N. The Bertz CT molecular complexity index is 372. The van der Waals surface area contributed by atoms with Gasteiger partial charge in [-0.1, -0.05) is 44.2 Å². The van der Waals surface area contributed by atoms with Crippen LogP contribution in [0.25, 0.3) is 0 Å². The summed E-state index contributed by atoms with van der Waals surface area (Å²) in [6, 6.07) is 0. The van der Waals surface area contributed by atoms with Gasteiger partial charge in [0, 0.05) is 0 Å². The Labute approximate surface area is 105 Å². The summed E-state index contributed by atoms with van der Waals surface area (Å²) in [6.07, 6.45) is 17.9. The van der Waals surface area contributed by atoms with Crippen molar-refractivity contribution in [1.82, 2.24) is 0 Å². The molecule has 0 heterocycles. The van der Waals surface area contributed by atoms with Crippen LogP contribution in [0, 0.1) is 0 Å². The quantitative estimate of drug-likeness (QED) is 0.529. The van der Waals surface area contributed by atoms with Gasteiger partial charge in [0.15, 0.2) is 0 Å². The number of allylic oxidation sites excluding steroid dienone is 8. The lowest BCUT2D eigenvalue weighted by atomic mass is 10.1. The SMILES string of the molecule is CC/C=C\C=C=CC(/C=C\C(C)=C\N)=C/CC. The molecule has 0 bridgehead atoms. The highest BCUT2D eigenvalue weighted by atomic mass is 14.5. The van der Waals surface area contributed by atoms with E-state index in [0.29, 0.717) is 0 Å². The average molecular weight is 229 g/mol. The van der Waals surface area contributed by atoms with Crippen molar-refractivity contribution in [3.8, 4) is 0 Å². The van der Waals surface area contributed by atoms with E-state index in [1.54, 1.807) is 6.20 Å². The minimum atomic E-state index is 1.01. The van der Waals surface area contributed by atoms with E-state index in [1.807, 2.05) is 37.3 Å². The Morgan fingerprint density at radius 1 is 1.18 bits per heavy atom. The summed E-state index contributed by atoms with van der Waals surface area (Å²) in [5.41, 5.74) is 10.8. The molecule has 0 aliphatic carbocycles. The number of hydrogen-bond donors (Lipinski definition) is 1. The second-order valence-electron chi connectivity index (χ2n) is 3.67. The molecule has 92 valence electrons. The summed E-state index contributed by atoms with van der Waals surface area (Å²) in [5.74, 6) is 0. The number of hydrogen-bond acceptors (Lipinski definition) is 1. The van der Waals surface area contributed by atoms with E-state index in [-0.39, 0.29) is 0 Å². The van der Waals surface area contributed by atoms with Crippen molar-refractivity contribution in [3.05, 3.63) is 65.6 Å². The van der Waals surface area contributed by atoms with Crippen LogP contribution in [0.4, 0.5) is 0 Å². The fraction of sp³-hybridized carbons (Fsp3) is 0.312. The fourth-order valence-electron chi connectivity index (χ4n) is 1.10. The van der Waals surface area contributed by atoms with E-state index in [0.717, 1.165) is 24.0 Å². The summed E-state index contributed by atoms with van der Waals surface area (Å²) < 4.78 is 0. The molecule has 0 unspecified atom stereocenters. The van der Waals surface area contributed by atoms with Crippen LogP contribution in [0.5, 0.6) is 0 Å². The maximum absolute atomic E-state index is 5.41. The molecule has 0 aromatic rings. The summed E-state index contributed by atoms with van der Waals surface area (Å²) >= 11 is 0. The van der Waals surface area contributed by atoms with Gasteiger partial charge in [0.2, 0.25) is 0 Å². The van der Waals surface area contributed by atoms with Crippen LogP contribution < -0.4 is 5.73 Å². The van der Waals surface area contributed by atoms with Crippen LogP contribution in [0.1, 0.15) is 33.6 Å². The predicted octanol–water partition coefficient (Wildman–Crippen LogP) is 4.42.